The van der Waals surface area contributed by atoms with Gasteiger partial charge in [-0.25, -0.2) is 0 Å². The van der Waals surface area contributed by atoms with Crippen LogP contribution in [0.1, 0.15) is 29.2 Å². The maximum absolute atomic E-state index is 13.4. The fourth-order valence-corrected chi connectivity index (χ4v) is 5.24. The van der Waals surface area contributed by atoms with E-state index in [-0.39, 0.29) is 5.56 Å². The molecule has 0 radical (unpaired) electrons. The molecule has 0 saturated carbocycles. The molecule has 2 aliphatic heterocycles. The van der Waals surface area contributed by atoms with Crippen molar-refractivity contribution in [3.05, 3.63) is 87.8 Å². The zero-order valence-electron chi connectivity index (χ0n) is 17.7. The fourth-order valence-electron chi connectivity index (χ4n) is 5.24. The van der Waals surface area contributed by atoms with E-state index in [9.17, 15) is 4.79 Å². The highest BCUT2D eigenvalue weighted by molar-refractivity contribution is 5.66. The molecule has 3 aromatic rings. The van der Waals surface area contributed by atoms with Gasteiger partial charge in [-0.2, -0.15) is 0 Å². The molecule has 1 saturated heterocycles. The van der Waals surface area contributed by atoms with Gasteiger partial charge in [0.15, 0.2) is 0 Å². The summed E-state index contributed by atoms with van der Waals surface area (Å²) >= 11 is 0. The molecule has 154 valence electrons. The van der Waals surface area contributed by atoms with Crippen LogP contribution in [0.25, 0.3) is 11.1 Å². The lowest BCUT2D eigenvalue weighted by Gasteiger charge is -2.43. The van der Waals surface area contributed by atoms with Crippen molar-refractivity contribution in [3.8, 4) is 16.9 Å². The molecule has 2 unspecified atom stereocenters. The summed E-state index contributed by atoms with van der Waals surface area (Å²) in [5.41, 5.74) is 5.70. The van der Waals surface area contributed by atoms with Gasteiger partial charge in [-0.15, -0.1) is 0 Å². The van der Waals surface area contributed by atoms with E-state index in [4.69, 9.17) is 4.74 Å². The number of hydrogen-bond donors (Lipinski definition) is 0. The summed E-state index contributed by atoms with van der Waals surface area (Å²) in [7, 11) is 1.70. The molecule has 4 nitrogen and oxygen atoms in total. The molecule has 0 N–H and O–H groups in total. The number of methoxy groups -OCH3 is 1. The van der Waals surface area contributed by atoms with Crippen molar-refractivity contribution < 1.29 is 4.74 Å². The molecular weight excluding hydrogens is 372 g/mol. The van der Waals surface area contributed by atoms with E-state index in [1.807, 2.05) is 30.3 Å². The van der Waals surface area contributed by atoms with E-state index in [1.54, 1.807) is 7.11 Å². The van der Waals surface area contributed by atoms with Crippen molar-refractivity contribution in [2.24, 2.45) is 5.92 Å². The fraction of sp³-hybridized carbons (Fsp3) is 0.346. The lowest BCUT2D eigenvalue weighted by molar-refractivity contribution is 0.114. The SMILES string of the molecule is COc1ccc(CN2CC3CC(C2)c2ccc(-c4ccccc4C)c(=O)n2C3)cc1. The topological polar surface area (TPSA) is 34.5 Å². The third-order valence-corrected chi connectivity index (χ3v) is 6.68. The number of aromatic nitrogens is 1. The molecule has 0 amide bonds. The molecule has 0 spiro atoms. The second-order valence-electron chi connectivity index (χ2n) is 8.74. The maximum Gasteiger partial charge on any atom is 0.258 e. The van der Waals surface area contributed by atoms with Crippen LogP contribution in [0.4, 0.5) is 0 Å². The van der Waals surface area contributed by atoms with Gasteiger partial charge in [0, 0.05) is 43.4 Å². The number of likely N-dealkylation sites (tertiary alicyclic amines) is 1. The van der Waals surface area contributed by atoms with Gasteiger partial charge in [-0.3, -0.25) is 9.69 Å². The van der Waals surface area contributed by atoms with Crippen LogP contribution in [0.2, 0.25) is 0 Å². The Morgan fingerprint density at radius 3 is 2.50 bits per heavy atom. The Morgan fingerprint density at radius 2 is 1.73 bits per heavy atom. The number of benzene rings is 2. The summed E-state index contributed by atoms with van der Waals surface area (Å²) in [6, 6.07) is 20.8. The van der Waals surface area contributed by atoms with Crippen molar-refractivity contribution in [1.82, 2.24) is 9.47 Å². The number of pyridine rings is 1. The summed E-state index contributed by atoms with van der Waals surface area (Å²) in [6.45, 7) is 5.89. The highest BCUT2D eigenvalue weighted by Gasteiger charge is 2.35. The highest BCUT2D eigenvalue weighted by atomic mass is 16.5. The van der Waals surface area contributed by atoms with Gasteiger partial charge >= 0.3 is 0 Å². The molecule has 2 aromatic carbocycles. The molecule has 4 heteroatoms. The van der Waals surface area contributed by atoms with Crippen LogP contribution in [0.5, 0.6) is 5.75 Å². The molecule has 5 rings (SSSR count). The van der Waals surface area contributed by atoms with Crippen LogP contribution in [-0.2, 0) is 13.1 Å². The smallest absolute Gasteiger partial charge is 0.258 e. The third-order valence-electron chi connectivity index (χ3n) is 6.68. The average molecular weight is 401 g/mol. The molecular formula is C26H28N2O2. The van der Waals surface area contributed by atoms with E-state index < -0.39 is 0 Å². The van der Waals surface area contributed by atoms with Crippen LogP contribution < -0.4 is 10.3 Å². The van der Waals surface area contributed by atoms with Crippen molar-refractivity contribution in [2.75, 3.05) is 20.2 Å². The molecule has 2 aliphatic rings. The molecule has 2 bridgehead atoms. The first-order valence-electron chi connectivity index (χ1n) is 10.8. The van der Waals surface area contributed by atoms with E-state index in [0.717, 1.165) is 48.6 Å². The quantitative estimate of drug-likeness (QED) is 0.649. The van der Waals surface area contributed by atoms with Crippen molar-refractivity contribution in [3.63, 3.8) is 0 Å². The minimum Gasteiger partial charge on any atom is -0.497 e. The minimum absolute atomic E-state index is 0.167. The number of aryl methyl sites for hydroxylation is 1. The van der Waals surface area contributed by atoms with Gasteiger partial charge in [-0.1, -0.05) is 36.4 Å². The number of rotatable bonds is 4. The van der Waals surface area contributed by atoms with Gasteiger partial charge in [0.05, 0.1) is 7.11 Å². The van der Waals surface area contributed by atoms with Crippen LogP contribution in [-0.4, -0.2) is 29.7 Å². The van der Waals surface area contributed by atoms with Gasteiger partial charge in [0.25, 0.3) is 5.56 Å². The number of hydrogen-bond acceptors (Lipinski definition) is 3. The van der Waals surface area contributed by atoms with Crippen LogP contribution in [0, 0.1) is 12.8 Å². The lowest BCUT2D eigenvalue weighted by Crippen LogP contribution is -2.46. The van der Waals surface area contributed by atoms with Gasteiger partial charge < -0.3 is 9.30 Å². The number of nitrogens with zero attached hydrogens (tertiary/aromatic N) is 2. The molecule has 3 heterocycles. The Labute approximate surface area is 177 Å². The molecule has 1 aromatic heterocycles. The number of ether oxygens (including phenoxy) is 1. The zero-order valence-corrected chi connectivity index (χ0v) is 17.7. The standard InChI is InChI=1S/C26H28N2O2/c1-18-5-3-4-6-23(18)24-11-12-25-21-13-20(16-28(25)26(24)29)15-27(17-21)14-19-7-9-22(30-2)10-8-19/h3-12,20-21H,13-17H2,1-2H3. The van der Waals surface area contributed by atoms with E-state index >= 15 is 0 Å². The van der Waals surface area contributed by atoms with Crippen LogP contribution in [0.3, 0.4) is 0 Å². The Bertz CT molecular complexity index is 1120. The first kappa shape index (κ1) is 19.1. The van der Waals surface area contributed by atoms with E-state index in [0.29, 0.717) is 11.8 Å². The Morgan fingerprint density at radius 1 is 0.933 bits per heavy atom. The predicted octanol–water partition coefficient (Wildman–Crippen LogP) is 4.45. The van der Waals surface area contributed by atoms with E-state index in [1.165, 1.54) is 17.7 Å². The Hall–Kier alpha value is -2.85. The molecule has 1 fully saturated rings. The molecule has 0 aliphatic carbocycles. The normalized spacial score (nSPS) is 20.6. The number of piperidine rings is 1. The molecule has 2 atom stereocenters. The minimum atomic E-state index is 0.167. The summed E-state index contributed by atoms with van der Waals surface area (Å²) in [5.74, 6) is 1.85. The van der Waals surface area contributed by atoms with Crippen molar-refractivity contribution >= 4 is 0 Å². The maximum atomic E-state index is 13.4. The van der Waals surface area contributed by atoms with Crippen molar-refractivity contribution in [2.45, 2.75) is 32.4 Å². The van der Waals surface area contributed by atoms with E-state index in [2.05, 4.69) is 46.7 Å². The van der Waals surface area contributed by atoms with Crippen molar-refractivity contribution in [1.29, 1.82) is 0 Å². The second-order valence-corrected chi connectivity index (χ2v) is 8.74. The average Bonchev–Trinajstić information content (AvgIpc) is 2.76. The first-order chi connectivity index (χ1) is 14.6. The third kappa shape index (κ3) is 3.46. The van der Waals surface area contributed by atoms with Gasteiger partial charge in [0.1, 0.15) is 5.75 Å². The summed E-state index contributed by atoms with van der Waals surface area (Å²) in [4.78, 5) is 15.9. The van der Waals surface area contributed by atoms with Gasteiger partial charge in [0.2, 0.25) is 0 Å². The largest absolute Gasteiger partial charge is 0.497 e. The zero-order chi connectivity index (χ0) is 20.7. The second kappa shape index (κ2) is 7.77. The highest BCUT2D eigenvalue weighted by Crippen LogP contribution is 2.36. The van der Waals surface area contributed by atoms with Gasteiger partial charge in [-0.05, 0) is 60.2 Å². The monoisotopic (exact) mass is 400 g/mol. The Balaban J connectivity index is 1.41. The van der Waals surface area contributed by atoms with Crippen LogP contribution >= 0.6 is 0 Å². The predicted molar refractivity (Wildman–Crippen MR) is 120 cm³/mol. The summed E-state index contributed by atoms with van der Waals surface area (Å²) in [6.07, 6.45) is 1.18. The lowest BCUT2D eigenvalue weighted by atomic mass is 9.82. The molecule has 30 heavy (non-hydrogen) atoms. The summed E-state index contributed by atoms with van der Waals surface area (Å²) in [5, 5.41) is 0. The first-order valence-corrected chi connectivity index (χ1v) is 10.8. The summed E-state index contributed by atoms with van der Waals surface area (Å²) < 4.78 is 7.33. The van der Waals surface area contributed by atoms with Crippen LogP contribution in [0.15, 0.2) is 65.5 Å². The Kier molecular flexibility index (Phi) is 4.95. The number of fused-ring (bicyclic) bond motifs is 4.